The predicted octanol–water partition coefficient (Wildman–Crippen LogP) is 1.81. The first-order valence-electron chi connectivity index (χ1n) is 8.81. The van der Waals surface area contributed by atoms with Gasteiger partial charge in [-0.2, -0.15) is 4.98 Å². The van der Waals surface area contributed by atoms with Crippen LogP contribution in [0, 0.1) is 0 Å². The molecule has 4 rings (SSSR count). The molecule has 1 aliphatic heterocycles. The number of hydrogen-bond donors (Lipinski definition) is 1. The van der Waals surface area contributed by atoms with Crippen LogP contribution in [0.5, 0.6) is 0 Å². The van der Waals surface area contributed by atoms with E-state index in [0.29, 0.717) is 24.2 Å². The molecule has 1 saturated heterocycles. The number of rotatable bonds is 6. The molecule has 9 nitrogen and oxygen atoms in total. The topological polar surface area (TPSA) is 110 Å². The van der Waals surface area contributed by atoms with Gasteiger partial charge in [-0.1, -0.05) is 19.0 Å². The fourth-order valence-electron chi connectivity index (χ4n) is 2.97. The van der Waals surface area contributed by atoms with E-state index in [0.717, 1.165) is 32.2 Å². The highest BCUT2D eigenvalue weighted by Gasteiger charge is 2.33. The molecule has 2 aliphatic rings. The van der Waals surface area contributed by atoms with E-state index in [2.05, 4.69) is 30.6 Å². The molecule has 2 fully saturated rings. The first-order valence-corrected chi connectivity index (χ1v) is 8.81. The van der Waals surface area contributed by atoms with Crippen LogP contribution >= 0.6 is 0 Å². The van der Waals surface area contributed by atoms with Gasteiger partial charge in [-0.3, -0.25) is 9.69 Å². The van der Waals surface area contributed by atoms with Gasteiger partial charge >= 0.3 is 0 Å². The quantitative estimate of drug-likeness (QED) is 0.843. The molecule has 3 heterocycles. The van der Waals surface area contributed by atoms with Gasteiger partial charge in [0.25, 0.3) is 11.7 Å². The standard InChI is InChI=1S/C16H22N6O3/c1-9(2)15-20-19-12(24-15)8-22-7-3-4-11(22)16-18-13(21-25-16)14(23)17-10-5-6-10/h9-11H,3-8H2,1-2H3,(H,17,23)/t11-/m0/s1. The molecule has 1 N–H and O–H groups in total. The zero-order valence-electron chi connectivity index (χ0n) is 14.4. The average molecular weight is 346 g/mol. The second-order valence-electron chi connectivity index (χ2n) is 7.02. The normalized spacial score (nSPS) is 21.2. The van der Waals surface area contributed by atoms with Gasteiger partial charge in [0.1, 0.15) is 0 Å². The van der Waals surface area contributed by atoms with E-state index in [4.69, 9.17) is 8.94 Å². The summed E-state index contributed by atoms with van der Waals surface area (Å²) < 4.78 is 11.0. The second-order valence-corrected chi connectivity index (χ2v) is 7.02. The molecule has 0 bridgehead atoms. The third kappa shape index (κ3) is 3.55. The smallest absolute Gasteiger partial charge is 0.292 e. The van der Waals surface area contributed by atoms with Crippen molar-refractivity contribution in [3.63, 3.8) is 0 Å². The Balaban J connectivity index is 1.43. The average Bonchev–Trinajstić information content (AvgIpc) is 3.01. The number of nitrogens with one attached hydrogen (secondary N) is 1. The van der Waals surface area contributed by atoms with Gasteiger partial charge in [0.2, 0.25) is 17.7 Å². The Morgan fingerprint density at radius 2 is 2.16 bits per heavy atom. The lowest BCUT2D eigenvalue weighted by atomic mass is 10.2. The Bertz CT molecular complexity index is 751. The number of carbonyl (C=O) groups is 1. The molecule has 25 heavy (non-hydrogen) atoms. The van der Waals surface area contributed by atoms with Crippen LogP contribution in [0.15, 0.2) is 8.94 Å². The largest absolute Gasteiger partial charge is 0.424 e. The van der Waals surface area contributed by atoms with Gasteiger partial charge in [0.15, 0.2) is 0 Å². The molecule has 2 aromatic heterocycles. The third-order valence-corrected chi connectivity index (χ3v) is 4.52. The molecule has 134 valence electrons. The first-order chi connectivity index (χ1) is 12.1. The lowest BCUT2D eigenvalue weighted by Crippen LogP contribution is -2.27. The molecular weight excluding hydrogens is 324 g/mol. The molecule has 9 heteroatoms. The van der Waals surface area contributed by atoms with E-state index in [9.17, 15) is 4.79 Å². The Morgan fingerprint density at radius 3 is 2.88 bits per heavy atom. The van der Waals surface area contributed by atoms with Crippen LogP contribution in [0.3, 0.4) is 0 Å². The van der Waals surface area contributed by atoms with Gasteiger partial charge in [0.05, 0.1) is 12.6 Å². The fraction of sp³-hybridized carbons (Fsp3) is 0.688. The van der Waals surface area contributed by atoms with Crippen LogP contribution in [-0.2, 0) is 6.54 Å². The summed E-state index contributed by atoms with van der Waals surface area (Å²) in [6.45, 7) is 5.46. The zero-order chi connectivity index (χ0) is 17.4. The van der Waals surface area contributed by atoms with Crippen molar-refractivity contribution in [2.24, 2.45) is 0 Å². The minimum atomic E-state index is -0.263. The molecule has 0 radical (unpaired) electrons. The highest BCUT2D eigenvalue weighted by molar-refractivity contribution is 5.90. The van der Waals surface area contributed by atoms with E-state index in [1.165, 1.54) is 0 Å². The molecule has 1 saturated carbocycles. The first kappa shape index (κ1) is 16.2. The van der Waals surface area contributed by atoms with Gasteiger partial charge in [-0.15, -0.1) is 10.2 Å². The van der Waals surface area contributed by atoms with Crippen molar-refractivity contribution in [1.82, 2.24) is 30.6 Å². The van der Waals surface area contributed by atoms with Crippen LogP contribution < -0.4 is 5.32 Å². The minimum absolute atomic E-state index is 0.0237. The summed E-state index contributed by atoms with van der Waals surface area (Å²) in [5, 5.41) is 14.9. The number of amides is 1. The Morgan fingerprint density at radius 1 is 1.32 bits per heavy atom. The summed E-state index contributed by atoms with van der Waals surface area (Å²) in [4.78, 5) is 18.5. The highest BCUT2D eigenvalue weighted by Crippen LogP contribution is 2.32. The van der Waals surface area contributed by atoms with E-state index in [-0.39, 0.29) is 29.7 Å². The number of carbonyl (C=O) groups excluding carboxylic acids is 1. The van der Waals surface area contributed by atoms with E-state index in [1.807, 2.05) is 13.8 Å². The van der Waals surface area contributed by atoms with Crippen molar-refractivity contribution in [1.29, 1.82) is 0 Å². The summed E-state index contributed by atoms with van der Waals surface area (Å²) in [7, 11) is 0. The number of nitrogens with zero attached hydrogens (tertiary/aromatic N) is 5. The molecule has 1 amide bonds. The van der Waals surface area contributed by atoms with Crippen molar-refractivity contribution in [3.05, 3.63) is 23.5 Å². The van der Waals surface area contributed by atoms with Crippen LogP contribution in [0.1, 0.15) is 79.8 Å². The molecule has 0 spiro atoms. The maximum absolute atomic E-state index is 12.0. The summed E-state index contributed by atoms with van der Waals surface area (Å²) in [6, 6.07) is 0.245. The van der Waals surface area contributed by atoms with E-state index >= 15 is 0 Å². The number of likely N-dealkylation sites (tertiary alicyclic amines) is 1. The molecule has 0 aromatic carbocycles. The van der Waals surface area contributed by atoms with Crippen LogP contribution in [0.25, 0.3) is 0 Å². The van der Waals surface area contributed by atoms with Gasteiger partial charge < -0.3 is 14.3 Å². The SMILES string of the molecule is CC(C)c1nnc(CN2CCC[C@H]2c2nc(C(=O)NC3CC3)no2)o1. The van der Waals surface area contributed by atoms with Gasteiger partial charge in [-0.05, 0) is 32.2 Å². The maximum atomic E-state index is 12.0. The maximum Gasteiger partial charge on any atom is 0.292 e. The summed E-state index contributed by atoms with van der Waals surface area (Å²) in [5.41, 5.74) is 0. The molecule has 0 unspecified atom stereocenters. The molecular formula is C16H22N6O3. The van der Waals surface area contributed by atoms with E-state index in [1.54, 1.807) is 0 Å². The number of aromatic nitrogens is 4. The Kier molecular flexibility index (Phi) is 4.24. The zero-order valence-corrected chi connectivity index (χ0v) is 14.4. The lowest BCUT2D eigenvalue weighted by Gasteiger charge is -2.19. The molecule has 2 aromatic rings. The van der Waals surface area contributed by atoms with Crippen molar-refractivity contribution in [3.8, 4) is 0 Å². The highest BCUT2D eigenvalue weighted by atomic mass is 16.5. The summed E-state index contributed by atoms with van der Waals surface area (Å²) in [6.07, 6.45) is 3.96. The summed E-state index contributed by atoms with van der Waals surface area (Å²) in [5.74, 6) is 1.75. The fourth-order valence-corrected chi connectivity index (χ4v) is 2.97. The van der Waals surface area contributed by atoms with Gasteiger partial charge in [0, 0.05) is 12.0 Å². The summed E-state index contributed by atoms with van der Waals surface area (Å²) >= 11 is 0. The Labute approximate surface area is 145 Å². The number of hydrogen-bond acceptors (Lipinski definition) is 8. The lowest BCUT2D eigenvalue weighted by molar-refractivity contribution is 0.0937. The van der Waals surface area contributed by atoms with Crippen molar-refractivity contribution in [2.45, 2.75) is 64.1 Å². The predicted molar refractivity (Wildman–Crippen MR) is 85.6 cm³/mol. The monoisotopic (exact) mass is 346 g/mol. The van der Waals surface area contributed by atoms with Crippen LogP contribution in [-0.4, -0.2) is 43.7 Å². The third-order valence-electron chi connectivity index (χ3n) is 4.52. The van der Waals surface area contributed by atoms with Crippen molar-refractivity contribution in [2.75, 3.05) is 6.54 Å². The van der Waals surface area contributed by atoms with Crippen LogP contribution in [0.2, 0.25) is 0 Å². The molecule has 1 atom stereocenters. The molecule has 1 aliphatic carbocycles. The van der Waals surface area contributed by atoms with Crippen molar-refractivity contribution < 1.29 is 13.7 Å². The minimum Gasteiger partial charge on any atom is -0.424 e. The van der Waals surface area contributed by atoms with Crippen LogP contribution in [0.4, 0.5) is 0 Å². The van der Waals surface area contributed by atoms with E-state index < -0.39 is 0 Å². The van der Waals surface area contributed by atoms with Gasteiger partial charge in [-0.25, -0.2) is 0 Å². The second kappa shape index (κ2) is 6.55. The Hall–Kier alpha value is -2.29. The van der Waals surface area contributed by atoms with Crippen molar-refractivity contribution >= 4 is 5.91 Å².